The van der Waals surface area contributed by atoms with Crippen LogP contribution in [-0.2, 0) is 0 Å². The first-order valence-corrected chi connectivity index (χ1v) is 6.79. The third-order valence-electron chi connectivity index (χ3n) is 3.03. The Kier molecular flexibility index (Phi) is 5.20. The van der Waals surface area contributed by atoms with Gasteiger partial charge in [0.2, 0.25) is 11.8 Å². The molecule has 1 saturated heterocycles. The minimum absolute atomic E-state index is 0.649. The third kappa shape index (κ3) is 4.14. The van der Waals surface area contributed by atoms with Crippen molar-refractivity contribution in [3.05, 3.63) is 12.3 Å². The van der Waals surface area contributed by atoms with Crippen molar-refractivity contribution in [3.63, 3.8) is 0 Å². The molecule has 0 saturated carbocycles. The number of hydrogen-bond acceptors (Lipinski definition) is 5. The summed E-state index contributed by atoms with van der Waals surface area (Å²) in [7, 11) is 0. The molecular weight excluding hydrogens is 228 g/mol. The number of hydrogen-bond donors (Lipinski definition) is 2. The molecule has 1 aromatic heterocycles. The molecule has 2 rings (SSSR count). The monoisotopic (exact) mass is 250 g/mol. The Labute approximate surface area is 108 Å². The molecule has 0 bridgehead atoms. The molecule has 0 radical (unpaired) electrons. The second-order valence-corrected chi connectivity index (χ2v) is 4.66. The fourth-order valence-corrected chi connectivity index (χ4v) is 2.05. The number of ether oxygens (including phenoxy) is 1. The minimum atomic E-state index is 0.649. The molecule has 1 aromatic rings. The molecule has 1 atom stereocenters. The zero-order chi connectivity index (χ0) is 12.6. The van der Waals surface area contributed by atoms with Gasteiger partial charge in [0.25, 0.3) is 0 Å². The molecule has 2 N–H and O–H groups in total. The van der Waals surface area contributed by atoms with E-state index in [1.807, 2.05) is 0 Å². The van der Waals surface area contributed by atoms with Crippen LogP contribution in [0.25, 0.3) is 0 Å². The van der Waals surface area contributed by atoms with E-state index in [1.54, 1.807) is 12.3 Å². The maximum atomic E-state index is 5.48. The van der Waals surface area contributed by atoms with E-state index in [0.717, 1.165) is 26.1 Å². The highest BCUT2D eigenvalue weighted by molar-refractivity contribution is 5.27. The van der Waals surface area contributed by atoms with Crippen molar-refractivity contribution in [3.8, 4) is 5.88 Å². The van der Waals surface area contributed by atoms with Gasteiger partial charge in [-0.15, -0.1) is 0 Å². The lowest BCUT2D eigenvalue weighted by Crippen LogP contribution is -2.33. The summed E-state index contributed by atoms with van der Waals surface area (Å²) in [4.78, 5) is 8.54. The second-order valence-electron chi connectivity index (χ2n) is 4.66. The Hall–Kier alpha value is -1.36. The third-order valence-corrected chi connectivity index (χ3v) is 3.03. The van der Waals surface area contributed by atoms with Gasteiger partial charge in [0.05, 0.1) is 6.61 Å². The zero-order valence-electron chi connectivity index (χ0n) is 11.0. The number of nitrogens with zero attached hydrogens (tertiary/aromatic N) is 2. The van der Waals surface area contributed by atoms with Gasteiger partial charge >= 0.3 is 0 Å². The van der Waals surface area contributed by atoms with E-state index in [0.29, 0.717) is 24.4 Å². The van der Waals surface area contributed by atoms with Gasteiger partial charge < -0.3 is 15.4 Å². The predicted molar refractivity (Wildman–Crippen MR) is 71.9 cm³/mol. The fourth-order valence-electron chi connectivity index (χ4n) is 2.05. The molecular formula is C13H22N4O. The van der Waals surface area contributed by atoms with Crippen molar-refractivity contribution in [2.45, 2.75) is 26.2 Å². The molecule has 0 amide bonds. The highest BCUT2D eigenvalue weighted by atomic mass is 16.5. The van der Waals surface area contributed by atoms with Gasteiger partial charge in [-0.05, 0) is 38.3 Å². The topological polar surface area (TPSA) is 59.1 Å². The summed E-state index contributed by atoms with van der Waals surface area (Å²) in [5.74, 6) is 1.98. The quantitative estimate of drug-likeness (QED) is 0.804. The number of rotatable bonds is 6. The molecule has 0 aromatic carbocycles. The Morgan fingerprint density at radius 1 is 1.56 bits per heavy atom. The average molecular weight is 250 g/mol. The summed E-state index contributed by atoms with van der Waals surface area (Å²) in [5, 5.41) is 6.69. The minimum Gasteiger partial charge on any atom is -0.478 e. The van der Waals surface area contributed by atoms with Crippen molar-refractivity contribution in [2.75, 3.05) is 31.6 Å². The van der Waals surface area contributed by atoms with Gasteiger partial charge in [0.15, 0.2) is 0 Å². The van der Waals surface area contributed by atoms with E-state index >= 15 is 0 Å². The molecule has 18 heavy (non-hydrogen) atoms. The van der Waals surface area contributed by atoms with Crippen LogP contribution in [0.4, 0.5) is 5.95 Å². The van der Waals surface area contributed by atoms with Crippen molar-refractivity contribution in [1.29, 1.82) is 0 Å². The average Bonchev–Trinajstić information content (AvgIpc) is 2.44. The Balaban J connectivity index is 1.80. The van der Waals surface area contributed by atoms with Gasteiger partial charge in [0, 0.05) is 18.8 Å². The first kappa shape index (κ1) is 13.1. The fraction of sp³-hybridized carbons (Fsp3) is 0.692. The molecule has 5 heteroatoms. The van der Waals surface area contributed by atoms with E-state index in [-0.39, 0.29) is 0 Å². The standard InChI is InChI=1S/C13H22N4O/c1-2-8-18-12-5-7-15-13(17-12)16-10-11-4-3-6-14-9-11/h5,7,11,14H,2-4,6,8-10H2,1H3,(H,15,16,17). The van der Waals surface area contributed by atoms with Gasteiger partial charge in [0.1, 0.15) is 0 Å². The second kappa shape index (κ2) is 7.16. The molecule has 1 aliphatic rings. The largest absolute Gasteiger partial charge is 0.478 e. The summed E-state index contributed by atoms with van der Waals surface area (Å²) < 4.78 is 5.48. The molecule has 1 fully saturated rings. The van der Waals surface area contributed by atoms with Gasteiger partial charge in [-0.25, -0.2) is 4.98 Å². The van der Waals surface area contributed by atoms with E-state index < -0.39 is 0 Å². The SMILES string of the molecule is CCCOc1ccnc(NCC2CCCNC2)n1. The van der Waals surface area contributed by atoms with Crippen LogP contribution in [0, 0.1) is 5.92 Å². The van der Waals surface area contributed by atoms with Gasteiger partial charge in [-0.1, -0.05) is 6.92 Å². The first-order chi connectivity index (χ1) is 8.88. The van der Waals surface area contributed by atoms with Gasteiger partial charge in [-0.3, -0.25) is 0 Å². The van der Waals surface area contributed by atoms with Crippen LogP contribution < -0.4 is 15.4 Å². The van der Waals surface area contributed by atoms with Crippen molar-refractivity contribution in [2.24, 2.45) is 5.92 Å². The van der Waals surface area contributed by atoms with Crippen molar-refractivity contribution >= 4 is 5.95 Å². The summed E-state index contributed by atoms with van der Waals surface area (Å²) >= 11 is 0. The Morgan fingerprint density at radius 3 is 3.28 bits per heavy atom. The van der Waals surface area contributed by atoms with E-state index in [4.69, 9.17) is 4.74 Å². The van der Waals surface area contributed by atoms with Crippen molar-refractivity contribution in [1.82, 2.24) is 15.3 Å². The lowest BCUT2D eigenvalue weighted by atomic mass is 10.00. The summed E-state index contributed by atoms with van der Waals surface area (Å²) in [6.07, 6.45) is 5.25. The van der Waals surface area contributed by atoms with Crippen molar-refractivity contribution < 1.29 is 4.74 Å². The first-order valence-electron chi connectivity index (χ1n) is 6.79. The lowest BCUT2D eigenvalue weighted by molar-refractivity contribution is 0.305. The molecule has 0 aliphatic carbocycles. The van der Waals surface area contributed by atoms with Crippen LogP contribution >= 0.6 is 0 Å². The Morgan fingerprint density at radius 2 is 2.50 bits per heavy atom. The Bertz CT molecular complexity index is 353. The highest BCUT2D eigenvalue weighted by Gasteiger charge is 2.12. The summed E-state index contributed by atoms with van der Waals surface area (Å²) in [6.45, 7) is 5.93. The normalized spacial score (nSPS) is 19.5. The predicted octanol–water partition coefficient (Wildman–Crippen LogP) is 1.68. The van der Waals surface area contributed by atoms with E-state index in [9.17, 15) is 0 Å². The maximum absolute atomic E-state index is 5.48. The van der Waals surface area contributed by atoms with Crippen LogP contribution in [0.5, 0.6) is 5.88 Å². The molecule has 5 nitrogen and oxygen atoms in total. The van der Waals surface area contributed by atoms with Crippen LogP contribution in [0.15, 0.2) is 12.3 Å². The lowest BCUT2D eigenvalue weighted by Gasteiger charge is -2.22. The number of aromatic nitrogens is 2. The van der Waals surface area contributed by atoms with E-state index in [2.05, 4.69) is 27.5 Å². The maximum Gasteiger partial charge on any atom is 0.225 e. The molecule has 100 valence electrons. The molecule has 1 aliphatic heterocycles. The molecule has 0 spiro atoms. The van der Waals surface area contributed by atoms with Crippen LogP contribution in [0.1, 0.15) is 26.2 Å². The summed E-state index contributed by atoms with van der Waals surface area (Å²) in [5.41, 5.74) is 0. The van der Waals surface area contributed by atoms with Crippen LogP contribution in [0.2, 0.25) is 0 Å². The van der Waals surface area contributed by atoms with Crippen LogP contribution in [-0.4, -0.2) is 36.2 Å². The zero-order valence-corrected chi connectivity index (χ0v) is 11.0. The highest BCUT2D eigenvalue weighted by Crippen LogP contribution is 2.12. The van der Waals surface area contributed by atoms with E-state index in [1.165, 1.54) is 12.8 Å². The molecule has 2 heterocycles. The smallest absolute Gasteiger partial charge is 0.225 e. The van der Waals surface area contributed by atoms with Gasteiger partial charge in [-0.2, -0.15) is 4.98 Å². The number of anilines is 1. The summed E-state index contributed by atoms with van der Waals surface area (Å²) in [6, 6.07) is 1.79. The van der Waals surface area contributed by atoms with Crippen LogP contribution in [0.3, 0.4) is 0 Å². The number of nitrogens with one attached hydrogen (secondary N) is 2. The number of piperidine rings is 1. The molecule has 1 unspecified atom stereocenters.